The zero-order valence-corrected chi connectivity index (χ0v) is 17.5. The Hall–Kier alpha value is -2.42. The van der Waals surface area contributed by atoms with Gasteiger partial charge in [0.1, 0.15) is 0 Å². The fourth-order valence-electron chi connectivity index (χ4n) is 2.55. The van der Waals surface area contributed by atoms with Gasteiger partial charge in [0.05, 0.1) is 21.2 Å². The van der Waals surface area contributed by atoms with Crippen molar-refractivity contribution < 1.29 is 22.7 Å². The molecule has 0 bridgehead atoms. The maximum Gasteiger partial charge on any atom is 0.339 e. The van der Waals surface area contributed by atoms with Crippen molar-refractivity contribution in [2.24, 2.45) is 0 Å². The fourth-order valence-corrected chi connectivity index (χ4v) is 4.07. The molecule has 0 spiro atoms. The van der Waals surface area contributed by atoms with E-state index in [0.29, 0.717) is 16.3 Å². The van der Waals surface area contributed by atoms with Crippen molar-refractivity contribution >= 4 is 39.2 Å². The first kappa shape index (κ1) is 21.3. The molecule has 1 unspecified atom stereocenters. The summed E-state index contributed by atoms with van der Waals surface area (Å²) in [6, 6.07) is 10.9. The molecule has 154 valence electrons. The first-order valence-corrected chi connectivity index (χ1v) is 10.9. The maximum atomic E-state index is 12.6. The Balaban J connectivity index is 1.71. The molecular formula is C20H21ClN2O5S. The minimum Gasteiger partial charge on any atom is -0.449 e. The molecule has 2 aromatic rings. The highest BCUT2D eigenvalue weighted by Crippen LogP contribution is 2.24. The molecule has 0 aliphatic heterocycles. The lowest BCUT2D eigenvalue weighted by Gasteiger charge is -2.15. The molecule has 2 N–H and O–H groups in total. The summed E-state index contributed by atoms with van der Waals surface area (Å²) in [5.41, 5.74) is 1.03. The number of ether oxygens (including phenoxy) is 1. The normalized spacial score (nSPS) is 14.9. The second-order valence-corrected chi connectivity index (χ2v) is 9.01. The van der Waals surface area contributed by atoms with Crippen molar-refractivity contribution in [3.8, 4) is 0 Å². The molecule has 0 aromatic heterocycles. The number of benzene rings is 2. The van der Waals surface area contributed by atoms with Crippen LogP contribution in [0.25, 0.3) is 0 Å². The summed E-state index contributed by atoms with van der Waals surface area (Å²) < 4.78 is 32.6. The van der Waals surface area contributed by atoms with Crippen LogP contribution in [0.15, 0.2) is 47.4 Å². The van der Waals surface area contributed by atoms with E-state index in [1.54, 1.807) is 31.2 Å². The lowest BCUT2D eigenvalue weighted by molar-refractivity contribution is -0.123. The van der Waals surface area contributed by atoms with Crippen LogP contribution in [-0.4, -0.2) is 32.4 Å². The van der Waals surface area contributed by atoms with Gasteiger partial charge in [0.25, 0.3) is 5.91 Å². The van der Waals surface area contributed by atoms with E-state index in [2.05, 4.69) is 10.0 Å². The van der Waals surface area contributed by atoms with Crippen molar-refractivity contribution in [1.29, 1.82) is 0 Å². The Morgan fingerprint density at radius 3 is 2.52 bits per heavy atom. The predicted molar refractivity (Wildman–Crippen MR) is 109 cm³/mol. The average Bonchev–Trinajstić information content (AvgIpc) is 3.46. The van der Waals surface area contributed by atoms with Gasteiger partial charge in [-0.3, -0.25) is 4.79 Å². The number of hydrogen-bond acceptors (Lipinski definition) is 5. The molecule has 1 atom stereocenters. The summed E-state index contributed by atoms with van der Waals surface area (Å²) in [6.45, 7) is 3.09. The van der Waals surface area contributed by atoms with Crippen molar-refractivity contribution in [3.63, 3.8) is 0 Å². The number of carbonyl (C=O) groups is 2. The molecule has 0 saturated heterocycles. The highest BCUT2D eigenvalue weighted by atomic mass is 35.5. The molecule has 0 heterocycles. The van der Waals surface area contributed by atoms with E-state index in [0.717, 1.165) is 12.8 Å². The fraction of sp³-hybridized carbons (Fsp3) is 0.300. The Bertz CT molecular complexity index is 1050. The third-order valence-corrected chi connectivity index (χ3v) is 6.27. The number of carbonyl (C=O) groups excluding carboxylic acids is 2. The second-order valence-electron chi connectivity index (χ2n) is 6.89. The molecule has 1 saturated carbocycles. The molecule has 0 radical (unpaired) electrons. The van der Waals surface area contributed by atoms with E-state index < -0.39 is 28.0 Å². The quantitative estimate of drug-likeness (QED) is 0.648. The largest absolute Gasteiger partial charge is 0.449 e. The summed E-state index contributed by atoms with van der Waals surface area (Å²) in [6.07, 6.45) is 0.499. The van der Waals surface area contributed by atoms with E-state index in [4.69, 9.17) is 16.3 Å². The molecule has 1 fully saturated rings. The molecule has 1 aliphatic carbocycles. The third-order valence-electron chi connectivity index (χ3n) is 4.42. The summed E-state index contributed by atoms with van der Waals surface area (Å²) in [5.74, 6) is -1.34. The van der Waals surface area contributed by atoms with Crippen LogP contribution >= 0.6 is 11.6 Å². The van der Waals surface area contributed by atoms with Gasteiger partial charge in [0, 0.05) is 6.04 Å². The molecule has 7 nitrogen and oxygen atoms in total. The van der Waals surface area contributed by atoms with Crippen molar-refractivity contribution in [2.75, 3.05) is 5.32 Å². The van der Waals surface area contributed by atoms with Gasteiger partial charge < -0.3 is 10.1 Å². The molecular weight excluding hydrogens is 416 g/mol. The Morgan fingerprint density at radius 1 is 1.17 bits per heavy atom. The minimum absolute atomic E-state index is 0.0184. The zero-order valence-electron chi connectivity index (χ0n) is 15.9. The molecule has 9 heteroatoms. The van der Waals surface area contributed by atoms with E-state index in [-0.39, 0.29) is 16.5 Å². The highest BCUT2D eigenvalue weighted by molar-refractivity contribution is 7.89. The molecule has 2 aromatic carbocycles. The second kappa shape index (κ2) is 8.52. The van der Waals surface area contributed by atoms with Crippen molar-refractivity contribution in [2.45, 2.75) is 43.7 Å². The number of amides is 1. The number of aryl methyl sites for hydroxylation is 1. The number of anilines is 1. The van der Waals surface area contributed by atoms with Crippen LogP contribution in [0.4, 0.5) is 5.69 Å². The van der Waals surface area contributed by atoms with E-state index >= 15 is 0 Å². The van der Waals surface area contributed by atoms with Gasteiger partial charge in [0.15, 0.2) is 6.10 Å². The van der Waals surface area contributed by atoms with Gasteiger partial charge in [-0.2, -0.15) is 0 Å². The summed E-state index contributed by atoms with van der Waals surface area (Å²) in [5, 5.41) is 2.95. The molecule has 1 aliphatic rings. The number of hydrogen-bond donors (Lipinski definition) is 2. The highest BCUT2D eigenvalue weighted by Gasteiger charge is 2.29. The third kappa shape index (κ3) is 5.35. The standard InChI is InChI=1S/C20H21ClN2O5S/c1-12-7-10-15(29(26,27)23-14-8-9-14)11-16(12)20(25)28-13(2)19(24)22-18-6-4-3-5-17(18)21/h3-7,10-11,13-14,23H,8-9H2,1-2H3,(H,22,24). The Kier molecular flexibility index (Phi) is 6.26. The average molecular weight is 437 g/mol. The molecule has 3 rings (SSSR count). The monoisotopic (exact) mass is 436 g/mol. The van der Waals surface area contributed by atoms with Gasteiger partial charge in [-0.25, -0.2) is 17.9 Å². The van der Waals surface area contributed by atoms with Gasteiger partial charge in [0.2, 0.25) is 10.0 Å². The Morgan fingerprint density at radius 2 is 1.86 bits per heavy atom. The summed E-state index contributed by atoms with van der Waals surface area (Å²) >= 11 is 6.01. The molecule has 1 amide bonds. The first-order valence-electron chi connectivity index (χ1n) is 9.07. The number of nitrogens with one attached hydrogen (secondary N) is 2. The van der Waals surface area contributed by atoms with Crippen LogP contribution < -0.4 is 10.0 Å². The smallest absolute Gasteiger partial charge is 0.339 e. The number of halogens is 1. The first-order chi connectivity index (χ1) is 13.7. The molecule has 29 heavy (non-hydrogen) atoms. The zero-order chi connectivity index (χ0) is 21.2. The van der Waals surface area contributed by atoms with Crippen LogP contribution in [-0.2, 0) is 19.6 Å². The van der Waals surface area contributed by atoms with Crippen LogP contribution in [0.3, 0.4) is 0 Å². The van der Waals surface area contributed by atoms with Gasteiger partial charge in [-0.1, -0.05) is 29.8 Å². The lowest BCUT2D eigenvalue weighted by Crippen LogP contribution is -2.30. The van der Waals surface area contributed by atoms with Crippen LogP contribution in [0.1, 0.15) is 35.7 Å². The van der Waals surface area contributed by atoms with E-state index in [1.807, 2.05) is 0 Å². The topological polar surface area (TPSA) is 102 Å². The number of sulfonamides is 1. The number of para-hydroxylation sites is 1. The van der Waals surface area contributed by atoms with Crippen LogP contribution in [0.5, 0.6) is 0 Å². The van der Waals surface area contributed by atoms with Crippen LogP contribution in [0.2, 0.25) is 5.02 Å². The summed E-state index contributed by atoms with van der Waals surface area (Å²) in [7, 11) is -3.71. The van der Waals surface area contributed by atoms with Crippen molar-refractivity contribution in [3.05, 3.63) is 58.6 Å². The maximum absolute atomic E-state index is 12.6. The van der Waals surface area contributed by atoms with E-state index in [9.17, 15) is 18.0 Å². The number of esters is 1. The van der Waals surface area contributed by atoms with Crippen LogP contribution in [0, 0.1) is 6.92 Å². The number of rotatable bonds is 7. The van der Waals surface area contributed by atoms with Gasteiger partial charge in [-0.15, -0.1) is 0 Å². The van der Waals surface area contributed by atoms with Gasteiger partial charge >= 0.3 is 5.97 Å². The summed E-state index contributed by atoms with van der Waals surface area (Å²) in [4.78, 5) is 24.9. The SMILES string of the molecule is Cc1ccc(S(=O)(=O)NC2CC2)cc1C(=O)OC(C)C(=O)Nc1ccccc1Cl. The Labute approximate surface area is 174 Å². The van der Waals surface area contributed by atoms with Gasteiger partial charge in [-0.05, 0) is 56.5 Å². The lowest BCUT2D eigenvalue weighted by atomic mass is 10.1. The van der Waals surface area contributed by atoms with Crippen molar-refractivity contribution in [1.82, 2.24) is 4.72 Å². The predicted octanol–water partition coefficient (Wildman–Crippen LogP) is 3.27. The van der Waals surface area contributed by atoms with E-state index in [1.165, 1.54) is 25.1 Å². The minimum atomic E-state index is -3.71.